The molecule has 11 heteroatoms. The summed E-state index contributed by atoms with van der Waals surface area (Å²) in [5.41, 5.74) is -0.290. The molecular weight excluding hydrogens is 396 g/mol. The molecule has 0 bridgehead atoms. The van der Waals surface area contributed by atoms with E-state index >= 15 is 0 Å². The molecule has 0 saturated heterocycles. The Kier molecular flexibility index (Phi) is 7.12. The number of aryl methyl sites for hydroxylation is 1. The molecule has 0 radical (unpaired) electrons. The zero-order valence-electron chi connectivity index (χ0n) is 14.5. The quantitative estimate of drug-likeness (QED) is 0.370. The fourth-order valence-corrected chi connectivity index (χ4v) is 3.38. The molecule has 0 aliphatic rings. The molecule has 0 aliphatic heterocycles. The number of amides is 1. The fraction of sp³-hybridized carbons (Fsp3) is 0.235. The van der Waals surface area contributed by atoms with Gasteiger partial charge in [-0.05, 0) is 36.2 Å². The molecule has 0 saturated carbocycles. The summed E-state index contributed by atoms with van der Waals surface area (Å²) in [5.74, 6) is -1.68. The first-order chi connectivity index (χ1) is 13.2. The van der Waals surface area contributed by atoms with E-state index < -0.39 is 32.5 Å². The van der Waals surface area contributed by atoms with E-state index in [0.717, 1.165) is 24.3 Å². The van der Waals surface area contributed by atoms with E-state index in [1.54, 1.807) is 0 Å². The Bertz CT molecular complexity index is 983. The van der Waals surface area contributed by atoms with Gasteiger partial charge in [0.2, 0.25) is 15.9 Å². The first-order valence-electron chi connectivity index (χ1n) is 8.14. The van der Waals surface area contributed by atoms with Crippen LogP contribution in [0, 0.1) is 21.7 Å². The number of carbonyl (C=O) groups excluding carboxylic acids is 1. The van der Waals surface area contributed by atoms with Gasteiger partial charge in [-0.15, -0.1) is 0 Å². The number of nitrogens with zero attached hydrogens (tertiary/aromatic N) is 1. The highest BCUT2D eigenvalue weighted by Crippen LogP contribution is 2.17. The van der Waals surface area contributed by atoms with Gasteiger partial charge in [-0.25, -0.2) is 21.9 Å². The number of rotatable bonds is 9. The molecule has 2 rings (SSSR count). The minimum Gasteiger partial charge on any atom is -0.355 e. The lowest BCUT2D eigenvalue weighted by Crippen LogP contribution is -2.34. The van der Waals surface area contributed by atoms with Crippen molar-refractivity contribution >= 4 is 21.6 Å². The van der Waals surface area contributed by atoms with Crippen LogP contribution in [0.1, 0.15) is 12.0 Å². The molecule has 2 aromatic rings. The molecule has 28 heavy (non-hydrogen) atoms. The average molecular weight is 413 g/mol. The van der Waals surface area contributed by atoms with Crippen molar-refractivity contribution in [3.63, 3.8) is 0 Å². The number of sulfonamides is 1. The fourth-order valence-electron chi connectivity index (χ4n) is 2.31. The Hall–Kier alpha value is -2.92. The van der Waals surface area contributed by atoms with Crippen LogP contribution in [0.3, 0.4) is 0 Å². The molecule has 0 spiro atoms. The number of hydrogen-bond donors (Lipinski definition) is 2. The lowest BCUT2D eigenvalue weighted by atomic mass is 10.1. The molecule has 1 amide bonds. The Balaban J connectivity index is 1.80. The van der Waals surface area contributed by atoms with Crippen molar-refractivity contribution in [2.24, 2.45) is 0 Å². The van der Waals surface area contributed by atoms with Gasteiger partial charge in [-0.1, -0.05) is 6.07 Å². The van der Waals surface area contributed by atoms with Crippen LogP contribution >= 0.6 is 0 Å². The molecule has 0 aromatic heterocycles. The summed E-state index contributed by atoms with van der Waals surface area (Å²) in [7, 11) is -3.98. The maximum atomic E-state index is 13.5. The van der Waals surface area contributed by atoms with Crippen LogP contribution in [-0.2, 0) is 21.2 Å². The van der Waals surface area contributed by atoms with E-state index in [9.17, 15) is 32.1 Å². The highest BCUT2D eigenvalue weighted by molar-refractivity contribution is 7.89. The lowest BCUT2D eigenvalue weighted by Gasteiger charge is -2.08. The maximum absolute atomic E-state index is 13.5. The molecule has 2 N–H and O–H groups in total. The van der Waals surface area contributed by atoms with Crippen molar-refractivity contribution in [2.75, 3.05) is 13.1 Å². The number of nitro benzene ring substituents is 1. The zero-order chi connectivity index (χ0) is 20.7. The van der Waals surface area contributed by atoms with Gasteiger partial charge >= 0.3 is 0 Å². The third-order valence-corrected chi connectivity index (χ3v) is 5.17. The minimum absolute atomic E-state index is 0.00512. The van der Waals surface area contributed by atoms with Gasteiger partial charge in [0.15, 0.2) is 0 Å². The van der Waals surface area contributed by atoms with Crippen LogP contribution in [0.4, 0.5) is 14.5 Å². The summed E-state index contributed by atoms with van der Waals surface area (Å²) in [5, 5.41) is 13.2. The number of nitro groups is 1. The first-order valence-corrected chi connectivity index (χ1v) is 9.62. The van der Waals surface area contributed by atoms with Crippen LogP contribution in [0.15, 0.2) is 47.4 Å². The van der Waals surface area contributed by atoms with Crippen LogP contribution < -0.4 is 10.0 Å². The summed E-state index contributed by atoms with van der Waals surface area (Å²) in [6, 6.07) is 7.52. The average Bonchev–Trinajstić information content (AvgIpc) is 2.66. The number of benzene rings is 2. The summed E-state index contributed by atoms with van der Waals surface area (Å²) in [6.45, 7) is -0.191. The summed E-state index contributed by atoms with van der Waals surface area (Å²) in [4.78, 5) is 21.5. The number of carbonyl (C=O) groups is 1. The third-order valence-electron chi connectivity index (χ3n) is 3.71. The van der Waals surface area contributed by atoms with E-state index in [1.165, 1.54) is 18.2 Å². The van der Waals surface area contributed by atoms with Crippen LogP contribution in [0.5, 0.6) is 0 Å². The third kappa shape index (κ3) is 6.06. The van der Waals surface area contributed by atoms with Gasteiger partial charge in [-0.3, -0.25) is 14.9 Å². The minimum atomic E-state index is -3.98. The second-order valence-corrected chi connectivity index (χ2v) is 7.50. The predicted octanol–water partition coefficient (Wildman–Crippen LogP) is 1.90. The molecule has 0 aliphatic carbocycles. The Morgan fingerprint density at radius 2 is 1.86 bits per heavy atom. The molecule has 0 heterocycles. The highest BCUT2D eigenvalue weighted by Gasteiger charge is 2.17. The molecule has 8 nitrogen and oxygen atoms in total. The zero-order valence-corrected chi connectivity index (χ0v) is 15.3. The molecule has 0 atom stereocenters. The highest BCUT2D eigenvalue weighted by atomic mass is 32.2. The largest absolute Gasteiger partial charge is 0.355 e. The SMILES string of the molecule is O=C(CCc1cc(F)ccc1F)NCCNS(=O)(=O)c1cccc([N+](=O)[O-])c1. The second kappa shape index (κ2) is 9.33. The van der Waals surface area contributed by atoms with Crippen LogP contribution in [0.2, 0.25) is 0 Å². The van der Waals surface area contributed by atoms with E-state index in [2.05, 4.69) is 10.0 Å². The number of non-ortho nitro benzene ring substituents is 1. The Morgan fingerprint density at radius 3 is 2.57 bits per heavy atom. The normalized spacial score (nSPS) is 11.2. The maximum Gasteiger partial charge on any atom is 0.270 e. The van der Waals surface area contributed by atoms with Crippen LogP contribution in [0.25, 0.3) is 0 Å². The number of hydrogen-bond acceptors (Lipinski definition) is 5. The number of nitrogens with one attached hydrogen (secondary N) is 2. The van der Waals surface area contributed by atoms with Crippen molar-refractivity contribution in [2.45, 2.75) is 17.7 Å². The molecule has 2 aromatic carbocycles. The van der Waals surface area contributed by atoms with Gasteiger partial charge < -0.3 is 5.32 Å². The smallest absolute Gasteiger partial charge is 0.270 e. The first kappa shape index (κ1) is 21.4. The van der Waals surface area contributed by atoms with Gasteiger partial charge in [0.25, 0.3) is 5.69 Å². The van der Waals surface area contributed by atoms with Crippen molar-refractivity contribution in [3.05, 3.63) is 69.8 Å². The van der Waals surface area contributed by atoms with Gasteiger partial charge in [0.1, 0.15) is 11.6 Å². The van der Waals surface area contributed by atoms with Gasteiger partial charge in [-0.2, -0.15) is 0 Å². The second-order valence-electron chi connectivity index (χ2n) is 5.74. The topological polar surface area (TPSA) is 118 Å². The molecule has 150 valence electrons. The monoisotopic (exact) mass is 413 g/mol. The predicted molar refractivity (Wildman–Crippen MR) is 96.0 cm³/mol. The molecular formula is C17H17F2N3O5S. The Morgan fingerprint density at radius 1 is 1.11 bits per heavy atom. The van der Waals surface area contributed by atoms with E-state index in [0.29, 0.717) is 0 Å². The lowest BCUT2D eigenvalue weighted by molar-refractivity contribution is -0.385. The standard InChI is InChI=1S/C17H17F2N3O5S/c18-13-5-6-16(19)12(10-13)4-7-17(23)20-8-9-21-28(26,27)15-3-1-2-14(11-15)22(24)25/h1-3,5-6,10-11,21H,4,7-9H2,(H,20,23). The van der Waals surface area contributed by atoms with Gasteiger partial charge in [0.05, 0.1) is 9.82 Å². The van der Waals surface area contributed by atoms with E-state index in [-0.39, 0.29) is 42.1 Å². The molecule has 0 unspecified atom stereocenters. The van der Waals surface area contributed by atoms with E-state index in [1.807, 2.05) is 0 Å². The van der Waals surface area contributed by atoms with Crippen molar-refractivity contribution in [1.29, 1.82) is 0 Å². The van der Waals surface area contributed by atoms with Crippen molar-refractivity contribution in [1.82, 2.24) is 10.0 Å². The molecule has 0 fully saturated rings. The van der Waals surface area contributed by atoms with Gasteiger partial charge in [0, 0.05) is 31.6 Å². The van der Waals surface area contributed by atoms with Crippen molar-refractivity contribution in [3.8, 4) is 0 Å². The number of halogens is 2. The summed E-state index contributed by atoms with van der Waals surface area (Å²) >= 11 is 0. The van der Waals surface area contributed by atoms with Crippen LogP contribution in [-0.4, -0.2) is 32.3 Å². The summed E-state index contributed by atoms with van der Waals surface area (Å²) in [6.07, 6.45) is -0.104. The van der Waals surface area contributed by atoms with E-state index in [4.69, 9.17) is 0 Å². The Labute approximate surface area is 159 Å². The summed E-state index contributed by atoms with van der Waals surface area (Å²) < 4.78 is 53.0. The van der Waals surface area contributed by atoms with Crippen molar-refractivity contribution < 1.29 is 26.9 Å².